The highest BCUT2D eigenvalue weighted by Crippen LogP contribution is 2.45. The number of aryl methyl sites for hydroxylation is 1. The van der Waals surface area contributed by atoms with Crippen LogP contribution in [0.15, 0.2) is 4.99 Å². The van der Waals surface area contributed by atoms with Gasteiger partial charge in [0.05, 0.1) is 18.3 Å². The standard InChI is InChI=1S/C21H29NO3S/c1-2-25-21(24)19-15-8-5-9-18(15)26-20(19)22-12-16-14-7-4-3-6-13(14)10-11-17(16)23/h12-14,16-17,23H,2-11H2,1H3/b22-12+. The van der Waals surface area contributed by atoms with Crippen LogP contribution in [0.1, 0.15) is 72.7 Å². The van der Waals surface area contributed by atoms with E-state index in [0.717, 1.165) is 48.6 Å². The molecule has 4 rings (SSSR count). The van der Waals surface area contributed by atoms with E-state index in [-0.39, 0.29) is 18.0 Å². The van der Waals surface area contributed by atoms with Crippen molar-refractivity contribution >= 4 is 28.5 Å². The number of carbonyl (C=O) groups excluding carboxylic acids is 1. The van der Waals surface area contributed by atoms with Crippen LogP contribution in [0, 0.1) is 17.8 Å². The molecule has 0 amide bonds. The number of aliphatic hydroxyl groups excluding tert-OH is 1. The quantitative estimate of drug-likeness (QED) is 0.613. The Morgan fingerprint density at radius 1 is 1.23 bits per heavy atom. The van der Waals surface area contributed by atoms with Crippen LogP contribution in [0.3, 0.4) is 0 Å². The molecule has 26 heavy (non-hydrogen) atoms. The second kappa shape index (κ2) is 7.81. The number of hydrogen-bond acceptors (Lipinski definition) is 5. The molecule has 4 nitrogen and oxygen atoms in total. The van der Waals surface area contributed by atoms with Gasteiger partial charge in [-0.1, -0.05) is 19.3 Å². The molecule has 5 heteroatoms. The fourth-order valence-electron chi connectivity index (χ4n) is 5.22. The van der Waals surface area contributed by atoms with Crippen LogP contribution >= 0.6 is 11.3 Å². The number of thiophene rings is 1. The van der Waals surface area contributed by atoms with Crippen LogP contribution < -0.4 is 0 Å². The van der Waals surface area contributed by atoms with Crippen LogP contribution in [0.5, 0.6) is 0 Å². The van der Waals surface area contributed by atoms with Crippen LogP contribution in [0.4, 0.5) is 5.00 Å². The molecule has 2 saturated carbocycles. The fraction of sp³-hybridized carbons (Fsp3) is 0.714. The number of hydrogen-bond donors (Lipinski definition) is 1. The number of ether oxygens (including phenoxy) is 1. The van der Waals surface area contributed by atoms with Gasteiger partial charge in [-0.3, -0.25) is 0 Å². The van der Waals surface area contributed by atoms with Crippen molar-refractivity contribution < 1.29 is 14.6 Å². The van der Waals surface area contributed by atoms with Gasteiger partial charge in [-0.15, -0.1) is 11.3 Å². The lowest BCUT2D eigenvalue weighted by molar-refractivity contribution is 0.0190. The molecule has 0 radical (unpaired) electrons. The summed E-state index contributed by atoms with van der Waals surface area (Å²) in [5.41, 5.74) is 1.84. The minimum Gasteiger partial charge on any atom is -0.462 e. The molecule has 1 aromatic rings. The summed E-state index contributed by atoms with van der Waals surface area (Å²) in [4.78, 5) is 18.6. The van der Waals surface area contributed by atoms with Crippen molar-refractivity contribution in [2.75, 3.05) is 6.61 Å². The first-order chi connectivity index (χ1) is 12.7. The van der Waals surface area contributed by atoms with E-state index in [1.165, 1.54) is 30.6 Å². The average molecular weight is 376 g/mol. The lowest BCUT2D eigenvalue weighted by Gasteiger charge is -2.42. The summed E-state index contributed by atoms with van der Waals surface area (Å²) in [5.74, 6) is 1.18. The number of fused-ring (bicyclic) bond motifs is 2. The van der Waals surface area contributed by atoms with Crippen LogP contribution in [-0.2, 0) is 17.6 Å². The van der Waals surface area contributed by atoms with E-state index in [4.69, 9.17) is 9.73 Å². The Kier molecular flexibility index (Phi) is 5.46. The van der Waals surface area contributed by atoms with E-state index < -0.39 is 0 Å². The maximum Gasteiger partial charge on any atom is 0.341 e. The number of aliphatic hydroxyl groups is 1. The summed E-state index contributed by atoms with van der Waals surface area (Å²) in [7, 11) is 0. The lowest BCUT2D eigenvalue weighted by Crippen LogP contribution is -2.40. The molecule has 0 spiro atoms. The van der Waals surface area contributed by atoms with Gasteiger partial charge in [-0.05, 0) is 62.8 Å². The third-order valence-corrected chi connectivity index (χ3v) is 7.69. The summed E-state index contributed by atoms with van der Waals surface area (Å²) in [6, 6.07) is 0. The van der Waals surface area contributed by atoms with Gasteiger partial charge < -0.3 is 9.84 Å². The van der Waals surface area contributed by atoms with Gasteiger partial charge in [0.15, 0.2) is 0 Å². The first-order valence-corrected chi connectivity index (χ1v) is 11.0. The van der Waals surface area contributed by atoms with Crippen molar-refractivity contribution in [3.63, 3.8) is 0 Å². The van der Waals surface area contributed by atoms with Crippen LogP contribution in [-0.4, -0.2) is 30.0 Å². The predicted molar refractivity (Wildman–Crippen MR) is 105 cm³/mol. The van der Waals surface area contributed by atoms with Crippen molar-refractivity contribution in [3.05, 3.63) is 16.0 Å². The highest BCUT2D eigenvalue weighted by molar-refractivity contribution is 7.16. The molecule has 0 aromatic carbocycles. The van der Waals surface area contributed by atoms with E-state index >= 15 is 0 Å². The van der Waals surface area contributed by atoms with Crippen LogP contribution in [0.2, 0.25) is 0 Å². The summed E-state index contributed by atoms with van der Waals surface area (Å²) in [6.45, 7) is 2.23. The Morgan fingerprint density at radius 2 is 2.08 bits per heavy atom. The molecule has 3 aliphatic rings. The zero-order chi connectivity index (χ0) is 18.1. The van der Waals surface area contributed by atoms with Gasteiger partial charge >= 0.3 is 5.97 Å². The van der Waals surface area contributed by atoms with E-state index in [9.17, 15) is 9.90 Å². The van der Waals surface area contributed by atoms with Crippen LogP contribution in [0.25, 0.3) is 0 Å². The van der Waals surface area contributed by atoms with Crippen molar-refractivity contribution in [1.82, 2.24) is 0 Å². The van der Waals surface area contributed by atoms with Gasteiger partial charge in [-0.2, -0.15) is 0 Å². The minimum absolute atomic E-state index is 0.126. The highest BCUT2D eigenvalue weighted by atomic mass is 32.1. The molecule has 1 aromatic heterocycles. The van der Waals surface area contributed by atoms with Crippen molar-refractivity contribution in [2.45, 2.75) is 70.8 Å². The molecule has 0 aliphatic heterocycles. The van der Waals surface area contributed by atoms with E-state index in [2.05, 4.69) is 0 Å². The second-order valence-electron chi connectivity index (χ2n) is 7.97. The third kappa shape index (κ3) is 3.36. The third-order valence-electron chi connectivity index (χ3n) is 6.49. The SMILES string of the molecule is CCOC(=O)c1c(/N=C/C2C(O)CCC3CCCCC32)sc2c1CCC2. The molecule has 1 heterocycles. The Labute approximate surface area is 159 Å². The fourth-order valence-corrected chi connectivity index (χ4v) is 6.45. The molecule has 4 unspecified atom stereocenters. The number of aliphatic imine (C=N–C) groups is 1. The first kappa shape index (κ1) is 18.2. The van der Waals surface area contributed by atoms with Gasteiger partial charge in [0.25, 0.3) is 0 Å². The lowest BCUT2D eigenvalue weighted by atomic mass is 9.65. The highest BCUT2D eigenvalue weighted by Gasteiger charge is 2.39. The Hall–Kier alpha value is -1.20. The molecule has 1 N–H and O–H groups in total. The number of nitrogens with zero attached hydrogens (tertiary/aromatic N) is 1. The smallest absolute Gasteiger partial charge is 0.341 e. The van der Waals surface area contributed by atoms with E-state index in [0.29, 0.717) is 18.1 Å². The minimum atomic E-state index is -0.295. The largest absolute Gasteiger partial charge is 0.462 e. The number of esters is 1. The van der Waals surface area contributed by atoms with E-state index in [1.807, 2.05) is 13.1 Å². The van der Waals surface area contributed by atoms with Gasteiger partial charge in [0, 0.05) is 17.0 Å². The summed E-state index contributed by atoms with van der Waals surface area (Å²) in [6.07, 6.45) is 11.9. The van der Waals surface area contributed by atoms with Gasteiger partial charge in [-0.25, -0.2) is 9.79 Å². The Morgan fingerprint density at radius 3 is 2.92 bits per heavy atom. The average Bonchev–Trinajstić information content (AvgIpc) is 3.21. The Bertz CT molecular complexity index is 696. The first-order valence-electron chi connectivity index (χ1n) is 10.2. The van der Waals surface area contributed by atoms with E-state index in [1.54, 1.807) is 11.3 Å². The zero-order valence-electron chi connectivity index (χ0n) is 15.6. The molecular weight excluding hydrogens is 346 g/mol. The molecular formula is C21H29NO3S. The normalized spacial score (nSPS) is 31.0. The topological polar surface area (TPSA) is 58.9 Å². The van der Waals surface area contributed by atoms with Gasteiger partial charge in [0.2, 0.25) is 0 Å². The summed E-state index contributed by atoms with van der Waals surface area (Å²) < 4.78 is 5.30. The van der Waals surface area contributed by atoms with Crippen molar-refractivity contribution in [3.8, 4) is 0 Å². The molecule has 0 bridgehead atoms. The molecule has 2 fully saturated rings. The Balaban J connectivity index is 1.61. The number of carbonyl (C=O) groups is 1. The maximum atomic E-state index is 12.5. The van der Waals surface area contributed by atoms with Crippen molar-refractivity contribution in [2.24, 2.45) is 22.7 Å². The van der Waals surface area contributed by atoms with Crippen molar-refractivity contribution in [1.29, 1.82) is 0 Å². The summed E-state index contributed by atoms with van der Waals surface area (Å²) >= 11 is 1.64. The molecule has 0 saturated heterocycles. The zero-order valence-corrected chi connectivity index (χ0v) is 16.4. The summed E-state index contributed by atoms with van der Waals surface area (Å²) in [5, 5.41) is 11.4. The maximum absolute atomic E-state index is 12.5. The molecule has 3 aliphatic carbocycles. The predicted octanol–water partition coefficient (Wildman–Crippen LogP) is 4.69. The molecule has 142 valence electrons. The molecule has 4 atom stereocenters. The second-order valence-corrected chi connectivity index (χ2v) is 9.05. The van der Waals surface area contributed by atoms with Gasteiger partial charge in [0.1, 0.15) is 5.00 Å². The monoisotopic (exact) mass is 375 g/mol. The number of rotatable bonds is 4.